The zero-order chi connectivity index (χ0) is 15.2. The fourth-order valence-corrected chi connectivity index (χ4v) is 2.20. The van der Waals surface area contributed by atoms with Gasteiger partial charge in [0.25, 0.3) is 0 Å². The second-order valence-corrected chi connectivity index (χ2v) is 4.68. The molecule has 0 amide bonds. The van der Waals surface area contributed by atoms with Crippen LogP contribution in [0.1, 0.15) is 18.5 Å². The number of benzene rings is 2. The van der Waals surface area contributed by atoms with Gasteiger partial charge in [0.1, 0.15) is 5.75 Å². The molecule has 0 saturated carbocycles. The van der Waals surface area contributed by atoms with E-state index >= 15 is 0 Å². The van der Waals surface area contributed by atoms with Crippen molar-refractivity contribution in [1.29, 1.82) is 0 Å². The van der Waals surface area contributed by atoms with Crippen molar-refractivity contribution in [3.8, 4) is 17.2 Å². The molecule has 0 bridgehead atoms. The van der Waals surface area contributed by atoms with E-state index in [-0.39, 0.29) is 6.04 Å². The van der Waals surface area contributed by atoms with Crippen molar-refractivity contribution < 1.29 is 14.2 Å². The van der Waals surface area contributed by atoms with Crippen LogP contribution in [0.4, 0.5) is 5.69 Å². The summed E-state index contributed by atoms with van der Waals surface area (Å²) in [4.78, 5) is 0. The monoisotopic (exact) mass is 287 g/mol. The Morgan fingerprint density at radius 3 is 2.14 bits per heavy atom. The summed E-state index contributed by atoms with van der Waals surface area (Å²) < 4.78 is 16.0. The highest BCUT2D eigenvalue weighted by Crippen LogP contribution is 2.32. The van der Waals surface area contributed by atoms with Gasteiger partial charge in [-0.1, -0.05) is 18.2 Å². The lowest BCUT2D eigenvalue weighted by Gasteiger charge is -2.19. The summed E-state index contributed by atoms with van der Waals surface area (Å²) in [6.45, 7) is 2.09. The number of nitrogens with one attached hydrogen (secondary N) is 1. The molecular formula is C17H21NO3. The quantitative estimate of drug-likeness (QED) is 0.875. The van der Waals surface area contributed by atoms with Crippen LogP contribution >= 0.6 is 0 Å². The number of anilines is 1. The third-order valence-corrected chi connectivity index (χ3v) is 3.39. The van der Waals surface area contributed by atoms with E-state index in [2.05, 4.69) is 12.2 Å². The van der Waals surface area contributed by atoms with Crippen molar-refractivity contribution in [2.75, 3.05) is 26.6 Å². The fourth-order valence-electron chi connectivity index (χ4n) is 2.20. The molecule has 4 nitrogen and oxygen atoms in total. The summed E-state index contributed by atoms with van der Waals surface area (Å²) >= 11 is 0. The Morgan fingerprint density at radius 2 is 1.48 bits per heavy atom. The molecule has 0 saturated heterocycles. The van der Waals surface area contributed by atoms with Crippen LogP contribution in [0.15, 0.2) is 42.5 Å². The van der Waals surface area contributed by atoms with Crippen LogP contribution in [-0.2, 0) is 0 Å². The third kappa shape index (κ3) is 3.40. The van der Waals surface area contributed by atoms with E-state index in [1.54, 1.807) is 21.3 Å². The molecule has 1 N–H and O–H groups in total. The average Bonchev–Trinajstić information content (AvgIpc) is 2.54. The van der Waals surface area contributed by atoms with Gasteiger partial charge in [0.05, 0.1) is 27.0 Å². The van der Waals surface area contributed by atoms with Gasteiger partial charge in [-0.25, -0.2) is 0 Å². The van der Waals surface area contributed by atoms with Crippen molar-refractivity contribution in [2.24, 2.45) is 0 Å². The fraction of sp³-hybridized carbons (Fsp3) is 0.294. The predicted octanol–water partition coefficient (Wildman–Crippen LogP) is 3.89. The lowest BCUT2D eigenvalue weighted by atomic mass is 10.1. The van der Waals surface area contributed by atoms with Crippen molar-refractivity contribution in [1.82, 2.24) is 0 Å². The van der Waals surface area contributed by atoms with Crippen LogP contribution in [0.5, 0.6) is 17.2 Å². The van der Waals surface area contributed by atoms with Crippen LogP contribution < -0.4 is 19.5 Å². The van der Waals surface area contributed by atoms with Gasteiger partial charge in [-0.2, -0.15) is 0 Å². The van der Waals surface area contributed by atoms with Crippen LogP contribution in [0.2, 0.25) is 0 Å². The van der Waals surface area contributed by atoms with E-state index in [1.807, 2.05) is 42.5 Å². The maximum atomic E-state index is 5.36. The molecule has 0 aliphatic heterocycles. The Morgan fingerprint density at radius 1 is 0.810 bits per heavy atom. The van der Waals surface area contributed by atoms with E-state index in [9.17, 15) is 0 Å². The molecule has 0 fully saturated rings. The molecule has 2 aromatic carbocycles. The lowest BCUT2D eigenvalue weighted by molar-refractivity contribution is 0.354. The van der Waals surface area contributed by atoms with Gasteiger partial charge >= 0.3 is 0 Å². The van der Waals surface area contributed by atoms with Gasteiger partial charge in [-0.15, -0.1) is 0 Å². The average molecular weight is 287 g/mol. The first-order valence-electron chi connectivity index (χ1n) is 6.81. The molecule has 4 heteroatoms. The number of methoxy groups -OCH3 is 3. The van der Waals surface area contributed by atoms with Gasteiger partial charge in [0.15, 0.2) is 11.5 Å². The predicted molar refractivity (Wildman–Crippen MR) is 84.6 cm³/mol. The Kier molecular flexibility index (Phi) is 4.93. The SMILES string of the molecule is COc1ccccc1NC(C)c1ccc(OC)c(OC)c1. The maximum absolute atomic E-state index is 5.36. The number of hydrogen-bond acceptors (Lipinski definition) is 4. The summed E-state index contributed by atoms with van der Waals surface area (Å²) in [6.07, 6.45) is 0. The molecule has 1 atom stereocenters. The van der Waals surface area contributed by atoms with Gasteiger partial charge in [0, 0.05) is 6.04 Å². The molecule has 0 aliphatic carbocycles. The van der Waals surface area contributed by atoms with Gasteiger partial charge < -0.3 is 19.5 Å². The number of ether oxygens (including phenoxy) is 3. The molecular weight excluding hydrogens is 266 g/mol. The van der Waals surface area contributed by atoms with Gasteiger partial charge in [-0.3, -0.25) is 0 Å². The highest BCUT2D eigenvalue weighted by Gasteiger charge is 2.11. The second kappa shape index (κ2) is 6.88. The van der Waals surface area contributed by atoms with E-state index < -0.39 is 0 Å². The Labute approximate surface area is 125 Å². The summed E-state index contributed by atoms with van der Waals surface area (Å²) in [7, 11) is 4.94. The molecule has 0 radical (unpaired) electrons. The first-order valence-corrected chi connectivity index (χ1v) is 6.81. The molecule has 0 aromatic heterocycles. The molecule has 1 unspecified atom stereocenters. The Hall–Kier alpha value is -2.36. The van der Waals surface area contributed by atoms with Crippen LogP contribution in [0, 0.1) is 0 Å². The summed E-state index contributed by atoms with van der Waals surface area (Å²) in [6, 6.07) is 13.9. The number of para-hydroxylation sites is 2. The number of rotatable bonds is 6. The van der Waals surface area contributed by atoms with Crippen molar-refractivity contribution >= 4 is 5.69 Å². The Balaban J connectivity index is 2.22. The van der Waals surface area contributed by atoms with E-state index in [0.29, 0.717) is 0 Å². The molecule has 112 valence electrons. The van der Waals surface area contributed by atoms with E-state index in [4.69, 9.17) is 14.2 Å². The normalized spacial score (nSPS) is 11.6. The maximum Gasteiger partial charge on any atom is 0.161 e. The molecule has 0 aliphatic rings. The van der Waals surface area contributed by atoms with Crippen molar-refractivity contribution in [3.63, 3.8) is 0 Å². The Bertz CT molecular complexity index is 598. The van der Waals surface area contributed by atoms with Gasteiger partial charge in [0.2, 0.25) is 0 Å². The molecule has 2 aromatic rings. The largest absolute Gasteiger partial charge is 0.495 e. The van der Waals surface area contributed by atoms with Gasteiger partial charge in [-0.05, 0) is 36.8 Å². The van der Waals surface area contributed by atoms with Crippen LogP contribution in [-0.4, -0.2) is 21.3 Å². The minimum atomic E-state index is 0.112. The second-order valence-electron chi connectivity index (χ2n) is 4.68. The lowest BCUT2D eigenvalue weighted by Crippen LogP contribution is -2.08. The highest BCUT2D eigenvalue weighted by molar-refractivity contribution is 5.57. The highest BCUT2D eigenvalue weighted by atomic mass is 16.5. The summed E-state index contributed by atoms with van der Waals surface area (Å²) in [5.74, 6) is 2.28. The van der Waals surface area contributed by atoms with E-state index in [0.717, 1.165) is 28.5 Å². The minimum absolute atomic E-state index is 0.112. The molecule has 0 heterocycles. The molecule has 0 spiro atoms. The summed E-state index contributed by atoms with van der Waals surface area (Å²) in [5.41, 5.74) is 2.07. The zero-order valence-electron chi connectivity index (χ0n) is 12.8. The summed E-state index contributed by atoms with van der Waals surface area (Å²) in [5, 5.41) is 3.45. The van der Waals surface area contributed by atoms with Crippen LogP contribution in [0.25, 0.3) is 0 Å². The number of hydrogen-bond donors (Lipinski definition) is 1. The minimum Gasteiger partial charge on any atom is -0.495 e. The van der Waals surface area contributed by atoms with Crippen molar-refractivity contribution in [2.45, 2.75) is 13.0 Å². The first-order chi connectivity index (χ1) is 10.2. The van der Waals surface area contributed by atoms with Crippen LogP contribution in [0.3, 0.4) is 0 Å². The molecule has 21 heavy (non-hydrogen) atoms. The van der Waals surface area contributed by atoms with E-state index in [1.165, 1.54) is 0 Å². The van der Waals surface area contributed by atoms with Crippen molar-refractivity contribution in [3.05, 3.63) is 48.0 Å². The zero-order valence-corrected chi connectivity index (χ0v) is 12.8. The smallest absolute Gasteiger partial charge is 0.161 e. The topological polar surface area (TPSA) is 39.7 Å². The standard InChI is InChI=1S/C17H21NO3/c1-12(18-14-7-5-6-8-15(14)19-2)13-9-10-16(20-3)17(11-13)21-4/h5-12,18H,1-4H3. The first kappa shape index (κ1) is 15.0. The molecule has 2 rings (SSSR count). The third-order valence-electron chi connectivity index (χ3n) is 3.39.